The molecular weight excluding hydrogens is 288 g/mol. The van der Waals surface area contributed by atoms with Crippen LogP contribution in [0.25, 0.3) is 0 Å². The molecule has 2 atom stereocenters. The number of carbonyl (C=O) groups is 1. The van der Waals surface area contributed by atoms with Gasteiger partial charge in [-0.25, -0.2) is 9.97 Å². The van der Waals surface area contributed by atoms with Gasteiger partial charge in [0.25, 0.3) is 0 Å². The Morgan fingerprint density at radius 3 is 2.83 bits per heavy atom. The van der Waals surface area contributed by atoms with E-state index in [0.717, 1.165) is 44.6 Å². The van der Waals surface area contributed by atoms with E-state index in [9.17, 15) is 4.79 Å². The lowest BCUT2D eigenvalue weighted by molar-refractivity contribution is -0.132. The fourth-order valence-corrected chi connectivity index (χ4v) is 4.75. The van der Waals surface area contributed by atoms with Crippen LogP contribution in [0.3, 0.4) is 0 Å². The summed E-state index contributed by atoms with van der Waals surface area (Å²) >= 11 is 0. The third-order valence-electron chi connectivity index (χ3n) is 5.79. The number of hydrogen-bond acceptors (Lipinski definition) is 4. The van der Waals surface area contributed by atoms with Crippen LogP contribution in [0.1, 0.15) is 56.7 Å². The minimum absolute atomic E-state index is 0.312. The van der Waals surface area contributed by atoms with Gasteiger partial charge in [-0.2, -0.15) is 0 Å². The van der Waals surface area contributed by atoms with E-state index in [-0.39, 0.29) is 0 Å². The number of aryl methyl sites for hydroxylation is 1. The van der Waals surface area contributed by atoms with Gasteiger partial charge in [0, 0.05) is 30.8 Å². The van der Waals surface area contributed by atoms with Crippen molar-refractivity contribution >= 4 is 11.7 Å². The minimum atomic E-state index is 0.312. The minimum Gasteiger partial charge on any atom is -0.351 e. The zero-order valence-electron chi connectivity index (χ0n) is 14.0. The van der Waals surface area contributed by atoms with Gasteiger partial charge in [-0.3, -0.25) is 4.79 Å². The number of anilines is 1. The molecule has 2 saturated heterocycles. The quantitative estimate of drug-likeness (QED) is 0.859. The molecule has 4 rings (SSSR count). The van der Waals surface area contributed by atoms with Crippen molar-refractivity contribution in [3.63, 3.8) is 0 Å². The summed E-state index contributed by atoms with van der Waals surface area (Å²) in [5.74, 6) is 1.47. The average molecular weight is 314 g/mol. The molecule has 2 fully saturated rings. The highest BCUT2D eigenvalue weighted by Crippen LogP contribution is 2.36. The first-order valence-electron chi connectivity index (χ1n) is 9.18. The molecule has 0 radical (unpaired) electrons. The second-order valence-electron chi connectivity index (χ2n) is 7.03. The lowest BCUT2D eigenvalue weighted by atomic mass is 10.0. The predicted octanol–water partition coefficient (Wildman–Crippen LogP) is 2.34. The number of nitrogens with zero attached hydrogens (tertiary/aromatic N) is 4. The van der Waals surface area contributed by atoms with Crippen molar-refractivity contribution in [2.75, 3.05) is 18.0 Å². The predicted molar refractivity (Wildman–Crippen MR) is 89.5 cm³/mol. The summed E-state index contributed by atoms with van der Waals surface area (Å²) in [6.45, 7) is 3.98. The molecule has 0 bridgehead atoms. The molecule has 1 aliphatic carbocycles. The molecular formula is C18H26N4O. The zero-order chi connectivity index (χ0) is 15.8. The van der Waals surface area contributed by atoms with E-state index >= 15 is 0 Å². The van der Waals surface area contributed by atoms with Crippen molar-refractivity contribution in [2.45, 2.75) is 70.4 Å². The third-order valence-corrected chi connectivity index (χ3v) is 5.79. The number of rotatable bonds is 3. The summed E-state index contributed by atoms with van der Waals surface area (Å²) in [5.41, 5.74) is 2.61. The molecule has 3 heterocycles. The summed E-state index contributed by atoms with van der Waals surface area (Å²) < 4.78 is 0. The van der Waals surface area contributed by atoms with Gasteiger partial charge in [0.05, 0.1) is 12.1 Å². The Balaban J connectivity index is 1.62. The normalized spacial score (nSPS) is 26.8. The number of hydrogen-bond donors (Lipinski definition) is 0. The van der Waals surface area contributed by atoms with E-state index in [0.29, 0.717) is 24.4 Å². The number of fused-ring (bicyclic) bond motifs is 1. The van der Waals surface area contributed by atoms with Crippen LogP contribution in [0.4, 0.5) is 5.82 Å². The monoisotopic (exact) mass is 314 g/mol. The third kappa shape index (κ3) is 2.50. The fourth-order valence-electron chi connectivity index (χ4n) is 4.75. The molecule has 1 aromatic heterocycles. The molecule has 0 N–H and O–H groups in total. The summed E-state index contributed by atoms with van der Waals surface area (Å²) in [6, 6.07) is 0.810. The van der Waals surface area contributed by atoms with E-state index in [1.165, 1.54) is 30.5 Å². The van der Waals surface area contributed by atoms with E-state index in [1.54, 1.807) is 6.33 Å². The Labute approximate surface area is 138 Å². The Hall–Kier alpha value is -1.65. The largest absolute Gasteiger partial charge is 0.351 e. The maximum Gasteiger partial charge on any atom is 0.222 e. The standard InChI is InChI=1S/C18H26N4O/c1-2-17(23)21-10-4-8-15(21)16-9-5-11-22(16)18-13-6-3-7-14(13)19-12-20-18/h12,15-16H,2-11H2,1H3. The smallest absolute Gasteiger partial charge is 0.222 e. The van der Waals surface area contributed by atoms with Crippen LogP contribution in [0, 0.1) is 0 Å². The number of aromatic nitrogens is 2. The van der Waals surface area contributed by atoms with E-state index in [2.05, 4.69) is 19.8 Å². The molecule has 2 aliphatic heterocycles. The Morgan fingerprint density at radius 1 is 1.13 bits per heavy atom. The molecule has 0 saturated carbocycles. The first kappa shape index (κ1) is 14.9. The second-order valence-corrected chi connectivity index (χ2v) is 7.03. The highest BCUT2D eigenvalue weighted by molar-refractivity contribution is 5.76. The van der Waals surface area contributed by atoms with Crippen molar-refractivity contribution in [3.05, 3.63) is 17.6 Å². The Morgan fingerprint density at radius 2 is 1.96 bits per heavy atom. The topological polar surface area (TPSA) is 49.3 Å². The molecule has 3 aliphatic rings. The van der Waals surface area contributed by atoms with Gasteiger partial charge in [-0.15, -0.1) is 0 Å². The van der Waals surface area contributed by atoms with Crippen molar-refractivity contribution < 1.29 is 4.79 Å². The molecule has 0 aromatic carbocycles. The lowest BCUT2D eigenvalue weighted by Gasteiger charge is -2.36. The van der Waals surface area contributed by atoms with Gasteiger partial charge in [0.15, 0.2) is 0 Å². The summed E-state index contributed by atoms with van der Waals surface area (Å²) in [5, 5.41) is 0. The summed E-state index contributed by atoms with van der Waals surface area (Å²) in [6.07, 6.45) is 10.4. The first-order chi connectivity index (χ1) is 11.3. The van der Waals surface area contributed by atoms with Crippen molar-refractivity contribution in [3.8, 4) is 0 Å². The second kappa shape index (κ2) is 6.10. The van der Waals surface area contributed by atoms with Gasteiger partial charge >= 0.3 is 0 Å². The number of amides is 1. The Bertz CT molecular complexity index is 603. The van der Waals surface area contributed by atoms with Crippen LogP contribution in [0.2, 0.25) is 0 Å². The van der Waals surface area contributed by atoms with Crippen molar-refractivity contribution in [2.24, 2.45) is 0 Å². The van der Waals surface area contributed by atoms with Crippen LogP contribution < -0.4 is 4.90 Å². The average Bonchev–Trinajstić information content (AvgIpc) is 3.31. The van der Waals surface area contributed by atoms with Crippen molar-refractivity contribution in [1.82, 2.24) is 14.9 Å². The fraction of sp³-hybridized carbons (Fsp3) is 0.722. The molecule has 5 nitrogen and oxygen atoms in total. The number of carbonyl (C=O) groups excluding carboxylic acids is 1. The van der Waals surface area contributed by atoms with E-state index in [4.69, 9.17) is 0 Å². The van der Waals surface area contributed by atoms with Crippen LogP contribution in [0.5, 0.6) is 0 Å². The van der Waals surface area contributed by atoms with Crippen LogP contribution >= 0.6 is 0 Å². The molecule has 124 valence electrons. The van der Waals surface area contributed by atoms with Crippen molar-refractivity contribution in [1.29, 1.82) is 0 Å². The van der Waals surface area contributed by atoms with E-state index < -0.39 is 0 Å². The Kier molecular flexibility index (Phi) is 3.95. The molecule has 2 unspecified atom stereocenters. The van der Waals surface area contributed by atoms with E-state index in [1.807, 2.05) is 6.92 Å². The summed E-state index contributed by atoms with van der Waals surface area (Å²) in [7, 11) is 0. The first-order valence-corrected chi connectivity index (χ1v) is 9.18. The van der Waals surface area contributed by atoms with Gasteiger partial charge in [0.1, 0.15) is 12.1 Å². The van der Waals surface area contributed by atoms with Gasteiger partial charge in [-0.05, 0) is 44.9 Å². The molecule has 0 spiro atoms. The van der Waals surface area contributed by atoms with Crippen LogP contribution in [-0.2, 0) is 17.6 Å². The maximum atomic E-state index is 12.3. The molecule has 5 heteroatoms. The van der Waals surface area contributed by atoms with Crippen LogP contribution in [0.15, 0.2) is 6.33 Å². The van der Waals surface area contributed by atoms with Gasteiger partial charge < -0.3 is 9.80 Å². The van der Waals surface area contributed by atoms with Gasteiger partial charge in [-0.1, -0.05) is 6.92 Å². The zero-order valence-corrected chi connectivity index (χ0v) is 14.0. The number of likely N-dealkylation sites (tertiary alicyclic amines) is 1. The van der Waals surface area contributed by atoms with Gasteiger partial charge in [0.2, 0.25) is 5.91 Å². The molecule has 1 aromatic rings. The molecule has 23 heavy (non-hydrogen) atoms. The SMILES string of the molecule is CCC(=O)N1CCCC1C1CCCN1c1ncnc2c1CCC2. The summed E-state index contributed by atoms with van der Waals surface area (Å²) in [4.78, 5) is 26.1. The molecule has 1 amide bonds. The highest BCUT2D eigenvalue weighted by Gasteiger charge is 2.40. The maximum absolute atomic E-state index is 12.3. The highest BCUT2D eigenvalue weighted by atomic mass is 16.2. The van der Waals surface area contributed by atoms with Crippen LogP contribution in [-0.4, -0.2) is 45.9 Å². The lowest BCUT2D eigenvalue weighted by Crippen LogP contribution is -2.48.